The van der Waals surface area contributed by atoms with Gasteiger partial charge in [-0.2, -0.15) is 0 Å². The molecule has 2 heterocycles. The van der Waals surface area contributed by atoms with E-state index in [1.807, 2.05) is 13.0 Å². The summed E-state index contributed by atoms with van der Waals surface area (Å²) < 4.78 is 0. The van der Waals surface area contributed by atoms with Crippen molar-refractivity contribution in [1.82, 2.24) is 9.97 Å². The number of rotatable bonds is 2. The Balaban J connectivity index is 2.12. The van der Waals surface area contributed by atoms with E-state index in [-0.39, 0.29) is 5.54 Å². The fourth-order valence-electron chi connectivity index (χ4n) is 1.90. The Labute approximate surface area is 105 Å². The summed E-state index contributed by atoms with van der Waals surface area (Å²) in [7, 11) is 0. The van der Waals surface area contributed by atoms with Gasteiger partial charge in [0.1, 0.15) is 5.82 Å². The van der Waals surface area contributed by atoms with Crippen LogP contribution in [0, 0.1) is 13.8 Å². The number of aromatic nitrogens is 2. The molecule has 1 fully saturated rings. The number of thiophene rings is 1. The van der Waals surface area contributed by atoms with Crippen LogP contribution in [-0.4, -0.2) is 9.97 Å². The van der Waals surface area contributed by atoms with Crippen LogP contribution in [0.1, 0.15) is 29.9 Å². The summed E-state index contributed by atoms with van der Waals surface area (Å²) in [5.74, 6) is 0.806. The van der Waals surface area contributed by atoms with Gasteiger partial charge in [-0.25, -0.2) is 9.97 Å². The van der Waals surface area contributed by atoms with Crippen molar-refractivity contribution in [2.75, 3.05) is 0 Å². The van der Waals surface area contributed by atoms with E-state index in [4.69, 9.17) is 5.73 Å². The van der Waals surface area contributed by atoms with Crippen molar-refractivity contribution < 1.29 is 0 Å². The molecule has 0 spiro atoms. The maximum atomic E-state index is 6.18. The maximum Gasteiger partial charge on any atom is 0.149 e. The Morgan fingerprint density at radius 1 is 1.29 bits per heavy atom. The van der Waals surface area contributed by atoms with E-state index in [0.29, 0.717) is 0 Å². The molecule has 0 atom stereocenters. The van der Waals surface area contributed by atoms with E-state index >= 15 is 0 Å². The highest BCUT2D eigenvalue weighted by atomic mass is 32.1. The van der Waals surface area contributed by atoms with Crippen molar-refractivity contribution in [2.45, 2.75) is 32.2 Å². The van der Waals surface area contributed by atoms with Crippen LogP contribution in [0.2, 0.25) is 0 Å². The van der Waals surface area contributed by atoms with Crippen molar-refractivity contribution in [2.24, 2.45) is 5.73 Å². The summed E-state index contributed by atoms with van der Waals surface area (Å²) in [5, 5.41) is 2.09. The maximum absolute atomic E-state index is 6.18. The lowest BCUT2D eigenvalue weighted by molar-refractivity contribution is 0.669. The Morgan fingerprint density at radius 3 is 2.65 bits per heavy atom. The predicted octanol–water partition coefficient (Wildman–Crippen LogP) is 2.77. The van der Waals surface area contributed by atoms with Gasteiger partial charge in [-0.1, -0.05) is 0 Å². The van der Waals surface area contributed by atoms with E-state index < -0.39 is 0 Å². The molecule has 88 valence electrons. The standard InChI is InChI=1S/C13H15N3S/c1-8-3-6-17-11(8)10-7-9(2)15-12(16-10)13(14)4-5-13/h3,6-7H,4-5,14H2,1-2H3. The molecule has 1 aliphatic rings. The topological polar surface area (TPSA) is 51.8 Å². The summed E-state index contributed by atoms with van der Waals surface area (Å²) >= 11 is 1.72. The third-order valence-electron chi connectivity index (χ3n) is 3.18. The predicted molar refractivity (Wildman–Crippen MR) is 69.9 cm³/mol. The van der Waals surface area contributed by atoms with Crippen LogP contribution in [0.4, 0.5) is 0 Å². The lowest BCUT2D eigenvalue weighted by Gasteiger charge is -2.10. The molecule has 2 aromatic rings. The average Bonchev–Trinajstić information content (AvgIpc) is 2.88. The first kappa shape index (κ1) is 10.9. The molecule has 0 unspecified atom stereocenters. The zero-order valence-electron chi connectivity index (χ0n) is 10.0. The quantitative estimate of drug-likeness (QED) is 0.885. The zero-order valence-corrected chi connectivity index (χ0v) is 10.8. The van der Waals surface area contributed by atoms with Gasteiger partial charge in [0.05, 0.1) is 16.1 Å². The second-order valence-corrected chi connectivity index (χ2v) is 5.72. The Bertz CT molecular complexity index is 570. The largest absolute Gasteiger partial charge is 0.319 e. The molecule has 3 rings (SSSR count). The third kappa shape index (κ3) is 1.87. The number of nitrogens with two attached hydrogens (primary N) is 1. The Kier molecular flexibility index (Phi) is 2.31. The number of aryl methyl sites for hydroxylation is 2. The lowest BCUT2D eigenvalue weighted by atomic mass is 10.2. The minimum absolute atomic E-state index is 0.258. The first-order chi connectivity index (χ1) is 8.08. The highest BCUT2D eigenvalue weighted by Gasteiger charge is 2.43. The first-order valence-corrected chi connectivity index (χ1v) is 6.66. The normalized spacial score (nSPS) is 17.1. The second-order valence-electron chi connectivity index (χ2n) is 4.81. The number of hydrogen-bond acceptors (Lipinski definition) is 4. The SMILES string of the molecule is Cc1cc(-c2sccc2C)nc(C2(N)CC2)n1. The molecule has 4 heteroatoms. The van der Waals surface area contributed by atoms with Crippen molar-refractivity contribution >= 4 is 11.3 Å². The smallest absolute Gasteiger partial charge is 0.149 e. The van der Waals surface area contributed by atoms with Gasteiger partial charge < -0.3 is 5.73 Å². The van der Waals surface area contributed by atoms with Crippen molar-refractivity contribution in [3.63, 3.8) is 0 Å². The molecule has 0 radical (unpaired) electrons. The molecule has 0 saturated heterocycles. The van der Waals surface area contributed by atoms with Crippen LogP contribution in [-0.2, 0) is 5.54 Å². The number of nitrogens with zero attached hydrogens (tertiary/aromatic N) is 2. The first-order valence-electron chi connectivity index (χ1n) is 5.78. The summed E-state index contributed by atoms with van der Waals surface area (Å²) in [5.41, 5.74) is 9.19. The van der Waals surface area contributed by atoms with E-state index in [2.05, 4.69) is 28.3 Å². The van der Waals surface area contributed by atoms with Gasteiger partial charge in [0.25, 0.3) is 0 Å². The molecule has 2 N–H and O–H groups in total. The van der Waals surface area contributed by atoms with Crippen LogP contribution in [0.15, 0.2) is 17.5 Å². The average molecular weight is 245 g/mol. The zero-order chi connectivity index (χ0) is 12.0. The molecule has 2 aromatic heterocycles. The Morgan fingerprint density at radius 2 is 2.06 bits per heavy atom. The fourth-order valence-corrected chi connectivity index (χ4v) is 2.79. The van der Waals surface area contributed by atoms with Crippen LogP contribution in [0.5, 0.6) is 0 Å². The van der Waals surface area contributed by atoms with Crippen molar-refractivity contribution in [1.29, 1.82) is 0 Å². The van der Waals surface area contributed by atoms with Crippen LogP contribution < -0.4 is 5.73 Å². The highest BCUT2D eigenvalue weighted by molar-refractivity contribution is 7.13. The van der Waals surface area contributed by atoms with Crippen LogP contribution >= 0.6 is 11.3 Å². The minimum Gasteiger partial charge on any atom is -0.319 e. The molecular weight excluding hydrogens is 230 g/mol. The van der Waals surface area contributed by atoms with E-state index in [9.17, 15) is 0 Å². The molecule has 0 aromatic carbocycles. The van der Waals surface area contributed by atoms with Gasteiger partial charge >= 0.3 is 0 Å². The van der Waals surface area contributed by atoms with E-state index in [1.165, 1.54) is 10.4 Å². The van der Waals surface area contributed by atoms with Gasteiger partial charge in [0, 0.05) is 5.69 Å². The lowest BCUT2D eigenvalue weighted by Crippen LogP contribution is -2.22. The summed E-state index contributed by atoms with van der Waals surface area (Å²) in [6.07, 6.45) is 2.00. The molecular formula is C13H15N3S. The highest BCUT2D eigenvalue weighted by Crippen LogP contribution is 2.41. The molecule has 0 bridgehead atoms. The van der Waals surface area contributed by atoms with Gasteiger partial charge in [0.15, 0.2) is 0 Å². The van der Waals surface area contributed by atoms with Crippen molar-refractivity contribution in [3.05, 3.63) is 34.6 Å². The monoisotopic (exact) mass is 245 g/mol. The van der Waals surface area contributed by atoms with Crippen molar-refractivity contribution in [3.8, 4) is 10.6 Å². The summed E-state index contributed by atoms with van der Waals surface area (Å²) in [6.45, 7) is 4.11. The molecule has 3 nitrogen and oxygen atoms in total. The number of hydrogen-bond donors (Lipinski definition) is 1. The van der Waals surface area contributed by atoms with Crippen LogP contribution in [0.3, 0.4) is 0 Å². The molecule has 1 aliphatic carbocycles. The van der Waals surface area contributed by atoms with Gasteiger partial charge in [0.2, 0.25) is 0 Å². The van der Waals surface area contributed by atoms with E-state index in [1.54, 1.807) is 11.3 Å². The Hall–Kier alpha value is -1.26. The molecule has 0 amide bonds. The summed E-state index contributed by atoms with van der Waals surface area (Å²) in [4.78, 5) is 10.3. The van der Waals surface area contributed by atoms with Gasteiger partial charge in [-0.05, 0) is 49.8 Å². The third-order valence-corrected chi connectivity index (χ3v) is 4.22. The minimum atomic E-state index is -0.258. The molecule has 0 aliphatic heterocycles. The molecule has 17 heavy (non-hydrogen) atoms. The fraction of sp³-hybridized carbons (Fsp3) is 0.385. The van der Waals surface area contributed by atoms with Gasteiger partial charge in [-0.15, -0.1) is 11.3 Å². The molecule has 1 saturated carbocycles. The second kappa shape index (κ2) is 3.62. The van der Waals surface area contributed by atoms with Gasteiger partial charge in [-0.3, -0.25) is 0 Å². The van der Waals surface area contributed by atoms with Crippen LogP contribution in [0.25, 0.3) is 10.6 Å². The van der Waals surface area contributed by atoms with E-state index in [0.717, 1.165) is 30.1 Å². The summed E-state index contributed by atoms with van der Waals surface area (Å²) in [6, 6.07) is 4.15.